The van der Waals surface area contributed by atoms with E-state index in [9.17, 15) is 37.9 Å². The topological polar surface area (TPSA) is 186 Å². The lowest BCUT2D eigenvalue weighted by atomic mass is 10.00. The fourth-order valence-corrected chi connectivity index (χ4v) is 9.66. The Morgan fingerprint density at radius 2 is 0.838 bits per heavy atom. The van der Waals surface area contributed by atoms with Crippen LogP contribution in [-0.2, 0) is 38.7 Å². The first-order valence-electron chi connectivity index (χ1n) is 28.2. The summed E-state index contributed by atoms with van der Waals surface area (Å²) < 4.78 is 54.3. The van der Waals surface area contributed by atoms with E-state index in [0.717, 1.165) is 57.8 Å². The Kier molecular flexibility index (Phi) is 42.9. The van der Waals surface area contributed by atoms with Crippen LogP contribution in [0.5, 0.6) is 0 Å². The fourth-order valence-electron chi connectivity index (χ4n) is 8.97. The summed E-state index contributed by atoms with van der Waals surface area (Å²) in [5.74, 6) is -1.97. The highest BCUT2D eigenvalue weighted by Gasteiger charge is 2.46. The standard InChI is InChI=1S/C55H104O12S/c1-3-5-7-9-11-13-15-17-19-21-22-23-24-25-26-27-28-30-31-33-35-37-39-41-43-50(56)64-45-48(46-65-55-54(60)53(59)52(58)49(67-55)47-68(61,62)63)66-51(57)44-42-40-38-36-34-32-29-20-18-16-14-12-10-8-6-4-2/h20,29,48-49,52-55,58-60H,3-19,21-28,30-47H2,1-2H3,(H,61,62,63)/b29-20-. The van der Waals surface area contributed by atoms with Crippen molar-refractivity contribution in [1.82, 2.24) is 0 Å². The van der Waals surface area contributed by atoms with Crippen LogP contribution in [-0.4, -0.2) is 96.0 Å². The van der Waals surface area contributed by atoms with Gasteiger partial charge in [-0.1, -0.05) is 231 Å². The van der Waals surface area contributed by atoms with Crippen LogP contribution in [0, 0.1) is 0 Å². The molecule has 1 saturated heterocycles. The minimum Gasteiger partial charge on any atom is -0.462 e. The van der Waals surface area contributed by atoms with Crippen molar-refractivity contribution >= 4 is 22.1 Å². The number of esters is 2. The number of ether oxygens (including phenoxy) is 4. The number of unbranched alkanes of at least 4 members (excludes halogenated alkanes) is 35. The van der Waals surface area contributed by atoms with E-state index in [0.29, 0.717) is 12.8 Å². The molecule has 6 unspecified atom stereocenters. The number of aliphatic hydroxyl groups is 3. The molecular weight excluding hydrogens is 885 g/mol. The monoisotopic (exact) mass is 989 g/mol. The molecule has 0 saturated carbocycles. The molecule has 68 heavy (non-hydrogen) atoms. The summed E-state index contributed by atoms with van der Waals surface area (Å²) in [5.41, 5.74) is 0. The van der Waals surface area contributed by atoms with Crippen LogP contribution in [0.3, 0.4) is 0 Å². The van der Waals surface area contributed by atoms with Crippen molar-refractivity contribution in [3.05, 3.63) is 12.2 Å². The zero-order valence-corrected chi connectivity index (χ0v) is 44.3. The van der Waals surface area contributed by atoms with Crippen LogP contribution in [0.2, 0.25) is 0 Å². The van der Waals surface area contributed by atoms with Crippen molar-refractivity contribution in [2.45, 2.75) is 307 Å². The molecule has 0 spiro atoms. The van der Waals surface area contributed by atoms with E-state index in [1.54, 1.807) is 0 Å². The summed E-state index contributed by atoms with van der Waals surface area (Å²) in [7, 11) is -4.60. The van der Waals surface area contributed by atoms with Gasteiger partial charge in [0.05, 0.1) is 6.61 Å². The zero-order chi connectivity index (χ0) is 49.8. The third-order valence-electron chi connectivity index (χ3n) is 13.3. The molecule has 0 aromatic heterocycles. The van der Waals surface area contributed by atoms with Gasteiger partial charge in [-0.2, -0.15) is 8.42 Å². The van der Waals surface area contributed by atoms with Gasteiger partial charge in [0.15, 0.2) is 12.4 Å². The smallest absolute Gasteiger partial charge is 0.306 e. The number of carbonyl (C=O) groups excluding carboxylic acids is 2. The maximum Gasteiger partial charge on any atom is 0.306 e. The molecule has 12 nitrogen and oxygen atoms in total. The average Bonchev–Trinajstić information content (AvgIpc) is 3.31. The van der Waals surface area contributed by atoms with Crippen LogP contribution in [0.15, 0.2) is 12.2 Å². The Balaban J connectivity index is 2.29. The molecule has 0 aliphatic carbocycles. The van der Waals surface area contributed by atoms with Gasteiger partial charge < -0.3 is 34.3 Å². The van der Waals surface area contributed by atoms with Gasteiger partial charge in [0.1, 0.15) is 36.8 Å². The normalized spacial score (nSPS) is 19.2. The van der Waals surface area contributed by atoms with Gasteiger partial charge >= 0.3 is 11.9 Å². The van der Waals surface area contributed by atoms with Gasteiger partial charge in [0, 0.05) is 12.8 Å². The lowest BCUT2D eigenvalue weighted by molar-refractivity contribution is -0.297. The van der Waals surface area contributed by atoms with Crippen LogP contribution in [0.4, 0.5) is 0 Å². The number of aliphatic hydroxyl groups excluding tert-OH is 3. The quantitative estimate of drug-likeness (QED) is 0.0196. The summed E-state index contributed by atoms with van der Waals surface area (Å²) in [4.78, 5) is 25.6. The second kappa shape index (κ2) is 45.3. The zero-order valence-electron chi connectivity index (χ0n) is 43.5. The Bertz CT molecular complexity index is 1300. The van der Waals surface area contributed by atoms with E-state index in [1.807, 2.05) is 0 Å². The molecule has 0 aromatic rings. The van der Waals surface area contributed by atoms with Crippen LogP contribution in [0.25, 0.3) is 0 Å². The molecule has 1 heterocycles. The fraction of sp³-hybridized carbons (Fsp3) is 0.927. The number of hydrogen-bond donors (Lipinski definition) is 4. The Morgan fingerprint density at radius 3 is 1.22 bits per heavy atom. The molecule has 0 radical (unpaired) electrons. The van der Waals surface area contributed by atoms with Gasteiger partial charge in [-0.05, 0) is 38.5 Å². The van der Waals surface area contributed by atoms with Crippen molar-refractivity contribution < 1.29 is 56.8 Å². The van der Waals surface area contributed by atoms with Crippen LogP contribution < -0.4 is 0 Å². The highest BCUT2D eigenvalue weighted by atomic mass is 32.2. The van der Waals surface area contributed by atoms with Gasteiger partial charge in [-0.15, -0.1) is 0 Å². The minimum atomic E-state index is -4.60. The van der Waals surface area contributed by atoms with E-state index < -0.39 is 71.2 Å². The molecule has 4 N–H and O–H groups in total. The maximum atomic E-state index is 12.9. The predicted octanol–water partition coefficient (Wildman–Crippen LogP) is 13.4. The van der Waals surface area contributed by atoms with E-state index >= 15 is 0 Å². The minimum absolute atomic E-state index is 0.159. The Labute approximate surface area is 416 Å². The first kappa shape index (κ1) is 64.4. The molecule has 1 aliphatic heterocycles. The van der Waals surface area contributed by atoms with Crippen LogP contribution in [0.1, 0.15) is 271 Å². The third-order valence-corrected chi connectivity index (χ3v) is 14.1. The molecule has 1 fully saturated rings. The molecule has 0 aromatic carbocycles. The average molecular weight is 989 g/mol. The maximum absolute atomic E-state index is 12.9. The van der Waals surface area contributed by atoms with Crippen molar-refractivity contribution in [3.8, 4) is 0 Å². The number of hydrogen-bond acceptors (Lipinski definition) is 11. The van der Waals surface area contributed by atoms with Crippen molar-refractivity contribution in [3.63, 3.8) is 0 Å². The van der Waals surface area contributed by atoms with Crippen molar-refractivity contribution in [2.24, 2.45) is 0 Å². The number of carbonyl (C=O) groups is 2. The molecule has 0 bridgehead atoms. The molecule has 0 amide bonds. The Morgan fingerprint density at radius 1 is 0.485 bits per heavy atom. The second-order valence-corrected chi connectivity index (χ2v) is 21.5. The molecular formula is C55H104O12S. The van der Waals surface area contributed by atoms with Gasteiger partial charge in [0.2, 0.25) is 0 Å². The highest BCUT2D eigenvalue weighted by Crippen LogP contribution is 2.24. The second-order valence-electron chi connectivity index (χ2n) is 20.0. The lowest BCUT2D eigenvalue weighted by Gasteiger charge is -2.40. The van der Waals surface area contributed by atoms with E-state index in [1.165, 1.54) is 173 Å². The summed E-state index contributed by atoms with van der Waals surface area (Å²) in [6.45, 7) is 3.81. The number of allylic oxidation sites excluding steroid dienone is 2. The third kappa shape index (κ3) is 39.1. The molecule has 13 heteroatoms. The van der Waals surface area contributed by atoms with Crippen molar-refractivity contribution in [1.29, 1.82) is 0 Å². The summed E-state index contributed by atoms with van der Waals surface area (Å²) in [5, 5.41) is 31.0. The summed E-state index contributed by atoms with van der Waals surface area (Å²) in [6, 6.07) is 0. The van der Waals surface area contributed by atoms with Crippen molar-refractivity contribution in [2.75, 3.05) is 19.0 Å². The SMILES string of the molecule is CCCCCCCCC/C=C\CCCCCCCC(=O)OC(COC(=O)CCCCCCCCCCCCCCCCCCCCCCCCCC)COC1OC(CS(=O)(=O)O)C(O)C(O)C1O. The molecule has 6 atom stereocenters. The van der Waals surface area contributed by atoms with E-state index in [-0.39, 0.29) is 19.4 Å². The van der Waals surface area contributed by atoms with Gasteiger partial charge in [-0.3, -0.25) is 14.1 Å². The predicted molar refractivity (Wildman–Crippen MR) is 275 cm³/mol. The molecule has 402 valence electrons. The number of rotatable bonds is 49. The lowest BCUT2D eigenvalue weighted by Crippen LogP contribution is -2.60. The van der Waals surface area contributed by atoms with Crippen LogP contribution >= 0.6 is 0 Å². The molecule has 1 rings (SSSR count). The van der Waals surface area contributed by atoms with E-state index in [4.69, 9.17) is 18.9 Å². The first-order valence-corrected chi connectivity index (χ1v) is 29.9. The van der Waals surface area contributed by atoms with E-state index in [2.05, 4.69) is 26.0 Å². The highest BCUT2D eigenvalue weighted by molar-refractivity contribution is 7.85. The van der Waals surface area contributed by atoms with Gasteiger partial charge in [0.25, 0.3) is 10.1 Å². The summed E-state index contributed by atoms with van der Waals surface area (Å²) >= 11 is 0. The first-order chi connectivity index (χ1) is 33.0. The Hall–Kier alpha value is -1.61. The largest absolute Gasteiger partial charge is 0.462 e. The molecule has 1 aliphatic rings. The summed E-state index contributed by atoms with van der Waals surface area (Å²) in [6.07, 6.45) is 42.6. The van der Waals surface area contributed by atoms with Gasteiger partial charge in [-0.25, -0.2) is 0 Å².